The van der Waals surface area contributed by atoms with E-state index in [0.29, 0.717) is 5.82 Å². The highest BCUT2D eigenvalue weighted by Crippen LogP contribution is 2.13. The van der Waals surface area contributed by atoms with Crippen LogP contribution in [0.5, 0.6) is 0 Å². The SMILES string of the molecule is Cc1cc(C)nc(NC(=O)c2nc(-c3ccccc3)n[nH]2)n1. The molecule has 0 fully saturated rings. The number of benzene rings is 1. The molecule has 3 aromatic rings. The standard InChI is InChI=1S/C15H14N6O/c1-9-8-10(2)17-15(16-9)19-14(22)13-18-12(20-21-13)11-6-4-3-5-7-11/h3-8H,1-2H3,(H,18,20,21)(H,16,17,19,22). The van der Waals surface area contributed by atoms with Crippen LogP contribution < -0.4 is 5.32 Å². The van der Waals surface area contributed by atoms with E-state index in [9.17, 15) is 4.79 Å². The Hall–Kier alpha value is -3.09. The fraction of sp³-hybridized carbons (Fsp3) is 0.133. The predicted molar refractivity (Wildman–Crippen MR) is 81.3 cm³/mol. The number of nitrogens with one attached hydrogen (secondary N) is 2. The number of carbonyl (C=O) groups excluding carboxylic acids is 1. The molecule has 0 aliphatic rings. The number of anilines is 1. The lowest BCUT2D eigenvalue weighted by atomic mass is 10.2. The summed E-state index contributed by atoms with van der Waals surface area (Å²) in [5.41, 5.74) is 2.40. The van der Waals surface area contributed by atoms with Crippen LogP contribution in [0.1, 0.15) is 22.0 Å². The predicted octanol–water partition coefficient (Wildman–Crippen LogP) is 2.13. The van der Waals surface area contributed by atoms with Crippen molar-refractivity contribution in [2.45, 2.75) is 13.8 Å². The number of carbonyl (C=O) groups is 1. The van der Waals surface area contributed by atoms with E-state index in [1.54, 1.807) is 0 Å². The third-order valence-electron chi connectivity index (χ3n) is 2.94. The van der Waals surface area contributed by atoms with Crippen LogP contribution in [0.4, 0.5) is 5.95 Å². The Balaban J connectivity index is 1.80. The molecule has 1 amide bonds. The molecular formula is C15H14N6O. The van der Waals surface area contributed by atoms with Gasteiger partial charge in [0.15, 0.2) is 5.82 Å². The Morgan fingerprint density at radius 2 is 1.73 bits per heavy atom. The highest BCUT2D eigenvalue weighted by Gasteiger charge is 2.14. The topological polar surface area (TPSA) is 96.5 Å². The van der Waals surface area contributed by atoms with E-state index in [1.165, 1.54) is 0 Å². The summed E-state index contributed by atoms with van der Waals surface area (Å²) in [6, 6.07) is 11.2. The van der Waals surface area contributed by atoms with Crippen LogP contribution in [0.15, 0.2) is 36.4 Å². The summed E-state index contributed by atoms with van der Waals surface area (Å²) in [5.74, 6) is 0.397. The Kier molecular flexibility index (Phi) is 3.61. The van der Waals surface area contributed by atoms with Crippen LogP contribution in [0, 0.1) is 13.8 Å². The Labute approximate surface area is 126 Å². The zero-order valence-corrected chi connectivity index (χ0v) is 12.2. The number of rotatable bonds is 3. The van der Waals surface area contributed by atoms with E-state index < -0.39 is 5.91 Å². The maximum atomic E-state index is 12.2. The van der Waals surface area contributed by atoms with Crippen molar-refractivity contribution in [1.82, 2.24) is 25.1 Å². The second kappa shape index (κ2) is 5.72. The van der Waals surface area contributed by atoms with E-state index >= 15 is 0 Å². The Bertz CT molecular complexity index is 792. The maximum Gasteiger partial charge on any atom is 0.295 e. The minimum atomic E-state index is -0.431. The first-order valence-corrected chi connectivity index (χ1v) is 6.73. The fourth-order valence-corrected chi connectivity index (χ4v) is 2.02. The molecule has 0 saturated heterocycles. The maximum absolute atomic E-state index is 12.2. The van der Waals surface area contributed by atoms with Gasteiger partial charge in [-0.25, -0.2) is 15.0 Å². The molecule has 0 atom stereocenters. The number of H-pyrrole nitrogens is 1. The molecule has 110 valence electrons. The van der Waals surface area contributed by atoms with E-state index in [1.807, 2.05) is 50.2 Å². The van der Waals surface area contributed by atoms with Gasteiger partial charge in [-0.05, 0) is 19.9 Å². The molecule has 22 heavy (non-hydrogen) atoms. The molecule has 2 heterocycles. The molecule has 0 aliphatic heterocycles. The van der Waals surface area contributed by atoms with Gasteiger partial charge in [-0.1, -0.05) is 30.3 Å². The lowest BCUT2D eigenvalue weighted by Gasteiger charge is -2.03. The Morgan fingerprint density at radius 1 is 1.05 bits per heavy atom. The van der Waals surface area contributed by atoms with E-state index in [-0.39, 0.29) is 11.8 Å². The van der Waals surface area contributed by atoms with Crippen molar-refractivity contribution >= 4 is 11.9 Å². The summed E-state index contributed by atoms with van der Waals surface area (Å²) in [6.45, 7) is 3.68. The van der Waals surface area contributed by atoms with Gasteiger partial charge in [-0.2, -0.15) is 5.10 Å². The molecule has 0 aliphatic carbocycles. The molecule has 0 saturated carbocycles. The van der Waals surface area contributed by atoms with Gasteiger partial charge in [-0.3, -0.25) is 15.2 Å². The number of aromatic nitrogens is 5. The molecular weight excluding hydrogens is 280 g/mol. The molecule has 0 bridgehead atoms. The fourth-order valence-electron chi connectivity index (χ4n) is 2.02. The van der Waals surface area contributed by atoms with Crippen molar-refractivity contribution in [3.05, 3.63) is 53.6 Å². The number of aromatic amines is 1. The van der Waals surface area contributed by atoms with Gasteiger partial charge in [0.25, 0.3) is 5.91 Å². The summed E-state index contributed by atoms with van der Waals surface area (Å²) < 4.78 is 0. The minimum absolute atomic E-state index is 0.113. The first kappa shape index (κ1) is 13.9. The van der Waals surface area contributed by atoms with Gasteiger partial charge in [0.05, 0.1) is 0 Å². The summed E-state index contributed by atoms with van der Waals surface area (Å²) in [4.78, 5) is 24.7. The second-order valence-corrected chi connectivity index (χ2v) is 4.80. The number of amides is 1. The molecule has 0 radical (unpaired) electrons. The van der Waals surface area contributed by atoms with Crippen LogP contribution in [0.3, 0.4) is 0 Å². The zero-order valence-electron chi connectivity index (χ0n) is 12.2. The van der Waals surface area contributed by atoms with Crippen LogP contribution in [-0.2, 0) is 0 Å². The van der Waals surface area contributed by atoms with Gasteiger partial charge in [0, 0.05) is 17.0 Å². The van der Waals surface area contributed by atoms with E-state index in [0.717, 1.165) is 17.0 Å². The summed E-state index contributed by atoms with van der Waals surface area (Å²) >= 11 is 0. The minimum Gasteiger partial charge on any atom is -0.288 e. The number of hydrogen-bond donors (Lipinski definition) is 2. The van der Waals surface area contributed by atoms with Crippen molar-refractivity contribution in [2.75, 3.05) is 5.32 Å². The highest BCUT2D eigenvalue weighted by molar-refractivity contribution is 6.00. The first-order chi connectivity index (χ1) is 10.6. The average Bonchev–Trinajstić information content (AvgIpc) is 2.97. The van der Waals surface area contributed by atoms with Crippen molar-refractivity contribution in [3.63, 3.8) is 0 Å². The van der Waals surface area contributed by atoms with Crippen LogP contribution >= 0.6 is 0 Å². The first-order valence-electron chi connectivity index (χ1n) is 6.73. The van der Waals surface area contributed by atoms with Crippen molar-refractivity contribution in [3.8, 4) is 11.4 Å². The molecule has 7 heteroatoms. The third kappa shape index (κ3) is 2.98. The van der Waals surface area contributed by atoms with Crippen molar-refractivity contribution < 1.29 is 4.79 Å². The zero-order chi connectivity index (χ0) is 15.5. The molecule has 3 rings (SSSR count). The smallest absolute Gasteiger partial charge is 0.288 e. The monoisotopic (exact) mass is 294 g/mol. The number of nitrogens with zero attached hydrogens (tertiary/aromatic N) is 4. The summed E-state index contributed by atoms with van der Waals surface area (Å²) in [7, 11) is 0. The Morgan fingerprint density at radius 3 is 2.41 bits per heavy atom. The lowest BCUT2D eigenvalue weighted by Crippen LogP contribution is -2.16. The summed E-state index contributed by atoms with van der Waals surface area (Å²) in [5, 5.41) is 9.28. The van der Waals surface area contributed by atoms with E-state index in [4.69, 9.17) is 0 Å². The lowest BCUT2D eigenvalue weighted by molar-refractivity contribution is 0.101. The quantitative estimate of drug-likeness (QED) is 0.771. The van der Waals surface area contributed by atoms with Crippen molar-refractivity contribution in [2.24, 2.45) is 0 Å². The summed E-state index contributed by atoms with van der Waals surface area (Å²) in [6.07, 6.45) is 0. The van der Waals surface area contributed by atoms with Crippen LogP contribution in [0.2, 0.25) is 0 Å². The van der Waals surface area contributed by atoms with Gasteiger partial charge in [0.2, 0.25) is 11.8 Å². The molecule has 2 aromatic heterocycles. The largest absolute Gasteiger partial charge is 0.295 e. The molecule has 1 aromatic carbocycles. The number of aryl methyl sites for hydroxylation is 2. The molecule has 0 unspecified atom stereocenters. The molecule has 0 spiro atoms. The van der Waals surface area contributed by atoms with Gasteiger partial charge < -0.3 is 0 Å². The highest BCUT2D eigenvalue weighted by atomic mass is 16.2. The number of hydrogen-bond acceptors (Lipinski definition) is 5. The molecule has 2 N–H and O–H groups in total. The van der Waals surface area contributed by atoms with Gasteiger partial charge in [0.1, 0.15) is 0 Å². The van der Waals surface area contributed by atoms with Gasteiger partial charge in [-0.15, -0.1) is 0 Å². The second-order valence-electron chi connectivity index (χ2n) is 4.80. The third-order valence-corrected chi connectivity index (χ3v) is 2.94. The van der Waals surface area contributed by atoms with Gasteiger partial charge >= 0.3 is 0 Å². The average molecular weight is 294 g/mol. The van der Waals surface area contributed by atoms with E-state index in [2.05, 4.69) is 30.5 Å². The normalized spacial score (nSPS) is 10.5. The van der Waals surface area contributed by atoms with Crippen molar-refractivity contribution in [1.29, 1.82) is 0 Å². The van der Waals surface area contributed by atoms with Crippen LogP contribution in [-0.4, -0.2) is 31.1 Å². The van der Waals surface area contributed by atoms with Crippen LogP contribution in [0.25, 0.3) is 11.4 Å². The molecule has 7 nitrogen and oxygen atoms in total.